The van der Waals surface area contributed by atoms with Crippen LogP contribution in [0, 0.1) is 13.8 Å². The number of hydrogen-bond donors (Lipinski definition) is 0. The molecule has 3 rings (SSSR count). The zero-order valence-corrected chi connectivity index (χ0v) is 15.9. The lowest BCUT2D eigenvalue weighted by molar-refractivity contribution is 0.249. The van der Waals surface area contributed by atoms with E-state index in [-0.39, 0.29) is 6.61 Å². The molecule has 4 nitrogen and oxygen atoms in total. The summed E-state index contributed by atoms with van der Waals surface area (Å²) in [5.74, 6) is 2.14. The normalized spacial score (nSPS) is 10.8. The molecule has 24 heavy (non-hydrogen) atoms. The van der Waals surface area contributed by atoms with Gasteiger partial charge in [0, 0.05) is 10.2 Å². The van der Waals surface area contributed by atoms with Crippen molar-refractivity contribution in [2.45, 2.75) is 31.4 Å². The van der Waals surface area contributed by atoms with Crippen LogP contribution in [0.1, 0.15) is 22.6 Å². The fraction of sp³-hybridized carbons (Fsp3) is 0.222. The van der Waals surface area contributed by atoms with Gasteiger partial charge in [-0.05, 0) is 42.7 Å². The van der Waals surface area contributed by atoms with E-state index < -0.39 is 0 Å². The first-order valence-corrected chi connectivity index (χ1v) is 9.28. The van der Waals surface area contributed by atoms with Gasteiger partial charge in [0.15, 0.2) is 6.61 Å². The molecule has 0 bridgehead atoms. The maximum Gasteiger partial charge on any atom is 0.277 e. The van der Waals surface area contributed by atoms with Crippen LogP contribution in [0.4, 0.5) is 0 Å². The number of ether oxygens (including phenoxy) is 1. The standard InChI is InChI=1S/C18H17BrN2O2S/c1-12-4-3-5-13(2)17(12)22-10-16-20-21-18(23-16)24-11-14-6-8-15(19)9-7-14/h3-9H,10-11H2,1-2H3. The molecule has 3 aromatic rings. The molecule has 0 amide bonds. The Morgan fingerprint density at radius 2 is 1.75 bits per heavy atom. The van der Waals surface area contributed by atoms with Crippen molar-refractivity contribution in [1.82, 2.24) is 10.2 Å². The van der Waals surface area contributed by atoms with Crippen LogP contribution in [0.25, 0.3) is 0 Å². The number of hydrogen-bond acceptors (Lipinski definition) is 5. The monoisotopic (exact) mass is 404 g/mol. The Hall–Kier alpha value is -1.79. The highest BCUT2D eigenvalue weighted by Crippen LogP contribution is 2.25. The molecule has 124 valence electrons. The molecule has 1 aromatic heterocycles. The van der Waals surface area contributed by atoms with Gasteiger partial charge in [-0.15, -0.1) is 10.2 Å². The molecule has 0 aliphatic carbocycles. The highest BCUT2D eigenvalue weighted by atomic mass is 79.9. The van der Waals surface area contributed by atoms with Crippen LogP contribution in [-0.2, 0) is 12.4 Å². The predicted octanol–water partition coefficient (Wildman–Crippen LogP) is 5.32. The van der Waals surface area contributed by atoms with Crippen molar-refractivity contribution in [1.29, 1.82) is 0 Å². The number of benzene rings is 2. The zero-order valence-electron chi connectivity index (χ0n) is 13.5. The molecule has 0 unspecified atom stereocenters. The Kier molecular flexibility index (Phi) is 5.58. The van der Waals surface area contributed by atoms with Gasteiger partial charge in [0.2, 0.25) is 0 Å². The fourth-order valence-electron chi connectivity index (χ4n) is 2.24. The summed E-state index contributed by atoms with van der Waals surface area (Å²) in [6.45, 7) is 4.32. The number of para-hydroxylation sites is 1. The molecule has 0 saturated carbocycles. The van der Waals surface area contributed by atoms with E-state index in [1.54, 1.807) is 0 Å². The number of aromatic nitrogens is 2. The van der Waals surface area contributed by atoms with E-state index in [4.69, 9.17) is 9.15 Å². The summed E-state index contributed by atoms with van der Waals surface area (Å²) in [7, 11) is 0. The molecule has 0 radical (unpaired) electrons. The second-order valence-electron chi connectivity index (χ2n) is 5.39. The van der Waals surface area contributed by atoms with Crippen molar-refractivity contribution in [3.8, 4) is 5.75 Å². The summed E-state index contributed by atoms with van der Waals surface area (Å²) >= 11 is 4.95. The van der Waals surface area contributed by atoms with E-state index in [1.165, 1.54) is 17.3 Å². The topological polar surface area (TPSA) is 48.2 Å². The largest absolute Gasteiger partial charge is 0.483 e. The molecular formula is C18H17BrN2O2S. The smallest absolute Gasteiger partial charge is 0.277 e. The molecule has 0 fully saturated rings. The van der Waals surface area contributed by atoms with Crippen molar-refractivity contribution in [3.05, 3.63) is 69.5 Å². The molecule has 0 spiro atoms. The van der Waals surface area contributed by atoms with Gasteiger partial charge in [0.1, 0.15) is 5.75 Å². The van der Waals surface area contributed by atoms with Gasteiger partial charge in [0.25, 0.3) is 11.1 Å². The van der Waals surface area contributed by atoms with Gasteiger partial charge < -0.3 is 9.15 Å². The van der Waals surface area contributed by atoms with E-state index in [2.05, 4.69) is 38.3 Å². The van der Waals surface area contributed by atoms with Crippen LogP contribution >= 0.6 is 27.7 Å². The van der Waals surface area contributed by atoms with E-state index >= 15 is 0 Å². The molecule has 6 heteroatoms. The third kappa shape index (κ3) is 4.39. The average molecular weight is 405 g/mol. The second kappa shape index (κ2) is 7.85. The third-order valence-electron chi connectivity index (χ3n) is 3.47. The van der Waals surface area contributed by atoms with E-state index in [0.717, 1.165) is 27.1 Å². The quantitative estimate of drug-likeness (QED) is 0.520. The summed E-state index contributed by atoms with van der Waals surface area (Å²) in [5, 5.41) is 8.66. The van der Waals surface area contributed by atoms with Crippen LogP contribution in [-0.4, -0.2) is 10.2 Å². The maximum atomic E-state index is 5.83. The number of nitrogens with zero attached hydrogens (tertiary/aromatic N) is 2. The SMILES string of the molecule is Cc1cccc(C)c1OCc1nnc(SCc2ccc(Br)cc2)o1. The fourth-order valence-corrected chi connectivity index (χ4v) is 3.24. The van der Waals surface area contributed by atoms with Gasteiger partial charge in [-0.2, -0.15) is 0 Å². The summed E-state index contributed by atoms with van der Waals surface area (Å²) < 4.78 is 12.5. The second-order valence-corrected chi connectivity index (χ2v) is 7.23. The zero-order chi connectivity index (χ0) is 16.9. The minimum absolute atomic E-state index is 0.275. The first kappa shape index (κ1) is 17.0. The van der Waals surface area contributed by atoms with Gasteiger partial charge in [-0.3, -0.25) is 0 Å². The average Bonchev–Trinajstić information content (AvgIpc) is 3.02. The molecule has 0 saturated heterocycles. The highest BCUT2D eigenvalue weighted by Gasteiger charge is 2.10. The number of aryl methyl sites for hydroxylation is 2. The van der Waals surface area contributed by atoms with E-state index in [1.807, 2.05) is 44.2 Å². The molecule has 0 N–H and O–H groups in total. The minimum Gasteiger partial charge on any atom is -0.483 e. The first-order chi connectivity index (χ1) is 11.6. The van der Waals surface area contributed by atoms with Gasteiger partial charge in [-0.1, -0.05) is 58.0 Å². The Morgan fingerprint density at radius 1 is 1.04 bits per heavy atom. The molecule has 2 aromatic carbocycles. The van der Waals surface area contributed by atoms with Crippen LogP contribution in [0.15, 0.2) is 56.6 Å². The van der Waals surface area contributed by atoms with Crippen molar-refractivity contribution in [3.63, 3.8) is 0 Å². The lowest BCUT2D eigenvalue weighted by atomic mass is 10.1. The Morgan fingerprint density at radius 3 is 2.46 bits per heavy atom. The highest BCUT2D eigenvalue weighted by molar-refractivity contribution is 9.10. The third-order valence-corrected chi connectivity index (χ3v) is 4.89. The van der Waals surface area contributed by atoms with Crippen LogP contribution in [0.3, 0.4) is 0 Å². The molecular weight excluding hydrogens is 388 g/mol. The maximum absolute atomic E-state index is 5.83. The Labute approximate surface area is 153 Å². The Balaban J connectivity index is 1.56. The molecule has 0 atom stereocenters. The molecule has 0 aliphatic rings. The van der Waals surface area contributed by atoms with Crippen molar-refractivity contribution in [2.24, 2.45) is 0 Å². The molecule has 0 aliphatic heterocycles. The minimum atomic E-state index is 0.275. The number of rotatable bonds is 6. The van der Waals surface area contributed by atoms with Crippen molar-refractivity contribution in [2.75, 3.05) is 0 Å². The van der Waals surface area contributed by atoms with Gasteiger partial charge in [-0.25, -0.2) is 0 Å². The lowest BCUT2D eigenvalue weighted by Crippen LogP contribution is -1.99. The van der Waals surface area contributed by atoms with Crippen LogP contribution in [0.2, 0.25) is 0 Å². The summed E-state index contributed by atoms with van der Waals surface area (Å²) in [6, 6.07) is 14.2. The number of thioether (sulfide) groups is 1. The predicted molar refractivity (Wildman–Crippen MR) is 98.2 cm³/mol. The van der Waals surface area contributed by atoms with Crippen molar-refractivity contribution < 1.29 is 9.15 Å². The van der Waals surface area contributed by atoms with Gasteiger partial charge in [0.05, 0.1) is 0 Å². The van der Waals surface area contributed by atoms with Crippen LogP contribution in [0.5, 0.6) is 5.75 Å². The van der Waals surface area contributed by atoms with Crippen molar-refractivity contribution >= 4 is 27.7 Å². The Bertz CT molecular complexity index is 798. The van der Waals surface area contributed by atoms with Gasteiger partial charge >= 0.3 is 0 Å². The summed E-state index contributed by atoms with van der Waals surface area (Å²) in [5.41, 5.74) is 3.40. The van der Waals surface area contributed by atoms with E-state index in [9.17, 15) is 0 Å². The van der Waals surface area contributed by atoms with Crippen LogP contribution < -0.4 is 4.74 Å². The molecule has 1 heterocycles. The summed E-state index contributed by atoms with van der Waals surface area (Å²) in [6.07, 6.45) is 0. The lowest BCUT2D eigenvalue weighted by Gasteiger charge is -2.09. The summed E-state index contributed by atoms with van der Waals surface area (Å²) in [4.78, 5) is 0. The number of halogens is 1. The van der Waals surface area contributed by atoms with E-state index in [0.29, 0.717) is 11.1 Å². The first-order valence-electron chi connectivity index (χ1n) is 7.50.